The van der Waals surface area contributed by atoms with Gasteiger partial charge in [-0.15, -0.1) is 0 Å². The van der Waals surface area contributed by atoms with Crippen LogP contribution in [-0.4, -0.2) is 28.2 Å². The number of methoxy groups -OCH3 is 1. The molecule has 0 fully saturated rings. The summed E-state index contributed by atoms with van der Waals surface area (Å²) in [6.45, 7) is 3.52. The van der Waals surface area contributed by atoms with E-state index < -0.39 is 5.97 Å². The Kier molecular flexibility index (Phi) is 3.84. The first-order valence-corrected chi connectivity index (χ1v) is 5.90. The van der Waals surface area contributed by atoms with E-state index in [1.807, 2.05) is 0 Å². The lowest BCUT2D eigenvalue weighted by molar-refractivity contribution is 0.0693. The second-order valence-electron chi connectivity index (χ2n) is 4.17. The van der Waals surface area contributed by atoms with Gasteiger partial charge in [0.1, 0.15) is 17.1 Å². The van der Waals surface area contributed by atoms with Gasteiger partial charge in [0.15, 0.2) is 0 Å². The predicted octanol–water partition coefficient (Wildman–Crippen LogP) is 2.59. The first-order chi connectivity index (χ1) is 9.51. The first kappa shape index (κ1) is 13.8. The fourth-order valence-electron chi connectivity index (χ4n) is 1.61. The van der Waals surface area contributed by atoms with Gasteiger partial charge < -0.3 is 14.6 Å². The Bertz CT molecular complexity index is 656. The molecule has 1 aromatic heterocycles. The molecule has 2 aromatic rings. The monoisotopic (exact) mass is 274 g/mol. The number of hydrogen-bond donors (Lipinski definition) is 1. The van der Waals surface area contributed by atoms with Gasteiger partial charge in [-0.3, -0.25) is 4.98 Å². The number of hydrogen-bond acceptors (Lipinski definition) is 5. The Labute approximate surface area is 116 Å². The van der Waals surface area contributed by atoms with Crippen molar-refractivity contribution in [1.29, 1.82) is 0 Å². The van der Waals surface area contributed by atoms with Crippen LogP contribution >= 0.6 is 0 Å². The summed E-state index contributed by atoms with van der Waals surface area (Å²) in [7, 11) is 1.47. The smallest absolute Gasteiger partial charge is 0.339 e. The zero-order chi connectivity index (χ0) is 14.7. The first-order valence-electron chi connectivity index (χ1n) is 5.90. The molecule has 6 heteroatoms. The average molecular weight is 274 g/mol. The molecule has 0 amide bonds. The van der Waals surface area contributed by atoms with E-state index in [1.54, 1.807) is 26.1 Å². The SMILES string of the molecule is COc1ccc(Oc2nc(C)cnc2C)c(C(=O)O)c1. The van der Waals surface area contributed by atoms with Crippen molar-refractivity contribution in [2.24, 2.45) is 0 Å². The van der Waals surface area contributed by atoms with Crippen molar-refractivity contribution in [3.05, 3.63) is 41.3 Å². The van der Waals surface area contributed by atoms with E-state index in [0.717, 1.165) is 0 Å². The lowest BCUT2D eigenvalue weighted by Gasteiger charge is -2.11. The molecular weight excluding hydrogens is 260 g/mol. The molecule has 0 bridgehead atoms. The molecule has 0 atom stereocenters. The van der Waals surface area contributed by atoms with E-state index in [-0.39, 0.29) is 17.2 Å². The van der Waals surface area contributed by atoms with Crippen molar-refractivity contribution in [3.8, 4) is 17.4 Å². The van der Waals surface area contributed by atoms with Gasteiger partial charge in [0.25, 0.3) is 0 Å². The van der Waals surface area contributed by atoms with Crippen molar-refractivity contribution in [3.63, 3.8) is 0 Å². The highest BCUT2D eigenvalue weighted by molar-refractivity contribution is 5.91. The van der Waals surface area contributed by atoms with Gasteiger partial charge in [-0.25, -0.2) is 9.78 Å². The number of aromatic nitrogens is 2. The van der Waals surface area contributed by atoms with Crippen molar-refractivity contribution < 1.29 is 19.4 Å². The highest BCUT2D eigenvalue weighted by Crippen LogP contribution is 2.29. The van der Waals surface area contributed by atoms with Gasteiger partial charge in [0.2, 0.25) is 5.88 Å². The standard InChI is InChI=1S/C14H14N2O4/c1-8-7-15-9(2)13(16-8)20-12-5-4-10(19-3)6-11(12)14(17)18/h4-7H,1-3H3,(H,17,18). The molecule has 0 saturated heterocycles. The Morgan fingerprint density at radius 3 is 2.70 bits per heavy atom. The number of aryl methyl sites for hydroxylation is 2. The van der Waals surface area contributed by atoms with Crippen LogP contribution in [0.1, 0.15) is 21.7 Å². The number of carboxylic acid groups (broad SMARTS) is 1. The van der Waals surface area contributed by atoms with Gasteiger partial charge in [-0.2, -0.15) is 0 Å². The summed E-state index contributed by atoms with van der Waals surface area (Å²) in [5, 5.41) is 9.22. The maximum absolute atomic E-state index is 11.3. The van der Waals surface area contributed by atoms with E-state index in [9.17, 15) is 9.90 Å². The van der Waals surface area contributed by atoms with Crippen LogP contribution in [0.5, 0.6) is 17.4 Å². The summed E-state index contributed by atoms with van der Waals surface area (Å²) in [5.41, 5.74) is 1.28. The number of benzene rings is 1. The topological polar surface area (TPSA) is 81.5 Å². The summed E-state index contributed by atoms with van der Waals surface area (Å²) in [4.78, 5) is 19.6. The number of nitrogens with zero attached hydrogens (tertiary/aromatic N) is 2. The van der Waals surface area contributed by atoms with E-state index in [4.69, 9.17) is 9.47 Å². The van der Waals surface area contributed by atoms with Crippen molar-refractivity contribution in [1.82, 2.24) is 9.97 Å². The van der Waals surface area contributed by atoms with Crippen LogP contribution in [0.4, 0.5) is 0 Å². The van der Waals surface area contributed by atoms with Gasteiger partial charge in [0.05, 0.1) is 18.5 Å². The van der Waals surface area contributed by atoms with E-state index in [2.05, 4.69) is 9.97 Å². The van der Waals surface area contributed by atoms with Crippen LogP contribution in [0.25, 0.3) is 0 Å². The number of aromatic carboxylic acids is 1. The zero-order valence-corrected chi connectivity index (χ0v) is 11.4. The third kappa shape index (κ3) is 2.85. The summed E-state index contributed by atoms with van der Waals surface area (Å²) in [5.74, 6) is -0.169. The fraction of sp³-hybridized carbons (Fsp3) is 0.214. The second kappa shape index (κ2) is 5.56. The van der Waals surface area contributed by atoms with Crippen LogP contribution in [0.3, 0.4) is 0 Å². The Balaban J connectivity index is 2.42. The van der Waals surface area contributed by atoms with Crippen LogP contribution in [0, 0.1) is 13.8 Å². The van der Waals surface area contributed by atoms with E-state index >= 15 is 0 Å². The summed E-state index contributed by atoms with van der Waals surface area (Å²) < 4.78 is 10.6. The minimum atomic E-state index is -1.10. The van der Waals surface area contributed by atoms with E-state index in [0.29, 0.717) is 17.1 Å². The minimum Gasteiger partial charge on any atom is -0.497 e. The number of ether oxygens (including phenoxy) is 2. The summed E-state index contributed by atoms with van der Waals surface area (Å²) >= 11 is 0. The Morgan fingerprint density at radius 2 is 2.05 bits per heavy atom. The molecule has 0 aliphatic heterocycles. The predicted molar refractivity (Wildman–Crippen MR) is 71.5 cm³/mol. The highest BCUT2D eigenvalue weighted by atomic mass is 16.5. The largest absolute Gasteiger partial charge is 0.497 e. The lowest BCUT2D eigenvalue weighted by Crippen LogP contribution is -2.03. The van der Waals surface area contributed by atoms with Crippen molar-refractivity contribution in [2.45, 2.75) is 13.8 Å². The third-order valence-corrected chi connectivity index (χ3v) is 2.66. The van der Waals surface area contributed by atoms with Crippen LogP contribution < -0.4 is 9.47 Å². The molecule has 6 nitrogen and oxygen atoms in total. The molecule has 0 aliphatic rings. The minimum absolute atomic E-state index is 0.00653. The maximum atomic E-state index is 11.3. The van der Waals surface area contributed by atoms with Gasteiger partial charge in [0, 0.05) is 6.20 Å². The second-order valence-corrected chi connectivity index (χ2v) is 4.17. The zero-order valence-electron chi connectivity index (χ0n) is 11.4. The van der Waals surface area contributed by atoms with Crippen molar-refractivity contribution in [2.75, 3.05) is 7.11 Å². The molecule has 0 aliphatic carbocycles. The van der Waals surface area contributed by atoms with Crippen LogP contribution in [0.2, 0.25) is 0 Å². The van der Waals surface area contributed by atoms with Gasteiger partial charge in [-0.05, 0) is 32.0 Å². The molecule has 20 heavy (non-hydrogen) atoms. The lowest BCUT2D eigenvalue weighted by atomic mass is 10.2. The number of rotatable bonds is 4. The van der Waals surface area contributed by atoms with E-state index in [1.165, 1.54) is 19.2 Å². The van der Waals surface area contributed by atoms with Crippen LogP contribution in [-0.2, 0) is 0 Å². The molecule has 0 saturated carbocycles. The highest BCUT2D eigenvalue weighted by Gasteiger charge is 2.15. The quantitative estimate of drug-likeness (QED) is 0.922. The Hall–Kier alpha value is -2.63. The molecule has 104 valence electrons. The molecule has 1 heterocycles. The molecule has 2 rings (SSSR count). The summed E-state index contributed by atoms with van der Waals surface area (Å²) in [6, 6.07) is 4.56. The number of carbonyl (C=O) groups is 1. The maximum Gasteiger partial charge on any atom is 0.339 e. The van der Waals surface area contributed by atoms with Gasteiger partial charge >= 0.3 is 5.97 Å². The molecular formula is C14H14N2O4. The average Bonchev–Trinajstić information content (AvgIpc) is 2.43. The fourth-order valence-corrected chi connectivity index (χ4v) is 1.61. The molecule has 1 aromatic carbocycles. The molecule has 0 unspecified atom stereocenters. The Morgan fingerprint density at radius 1 is 1.30 bits per heavy atom. The third-order valence-electron chi connectivity index (χ3n) is 2.66. The van der Waals surface area contributed by atoms with Crippen molar-refractivity contribution >= 4 is 5.97 Å². The normalized spacial score (nSPS) is 10.2. The van der Waals surface area contributed by atoms with Gasteiger partial charge in [-0.1, -0.05) is 0 Å². The molecule has 0 radical (unpaired) electrons. The molecule has 0 spiro atoms. The summed E-state index contributed by atoms with van der Waals surface area (Å²) in [6.07, 6.45) is 1.62. The number of carboxylic acids is 1. The van der Waals surface area contributed by atoms with Crippen LogP contribution in [0.15, 0.2) is 24.4 Å². The molecule has 1 N–H and O–H groups in total.